The van der Waals surface area contributed by atoms with Crippen LogP contribution < -0.4 is 0 Å². The van der Waals surface area contributed by atoms with Gasteiger partial charge in [-0.05, 0) is 22.3 Å². The van der Waals surface area contributed by atoms with E-state index < -0.39 is 6.09 Å². The summed E-state index contributed by atoms with van der Waals surface area (Å²) in [5.41, 5.74) is 4.78. The molecule has 4 nitrogen and oxygen atoms in total. The van der Waals surface area contributed by atoms with Gasteiger partial charge in [0.15, 0.2) is 0 Å². The second-order valence-corrected chi connectivity index (χ2v) is 5.04. The van der Waals surface area contributed by atoms with Crippen LogP contribution in [0.25, 0.3) is 11.1 Å². The van der Waals surface area contributed by atoms with Crippen LogP contribution in [-0.4, -0.2) is 31.0 Å². The molecule has 1 aliphatic rings. The number of rotatable bonds is 3. The number of hydrogen-bond acceptors (Lipinski definition) is 3. The predicted molar refractivity (Wildman–Crippen MR) is 81.6 cm³/mol. The Kier molecular flexibility index (Phi) is 3.44. The average molecular weight is 280 g/mol. The van der Waals surface area contributed by atoms with Gasteiger partial charge in [-0.25, -0.2) is 4.79 Å². The maximum absolute atomic E-state index is 11.7. The Labute approximate surface area is 123 Å². The first-order valence-corrected chi connectivity index (χ1v) is 6.80. The molecule has 0 aliphatic heterocycles. The molecule has 0 bridgehead atoms. The summed E-state index contributed by atoms with van der Waals surface area (Å²) in [5, 5.41) is 7.06. The molecule has 0 heterocycles. The van der Waals surface area contributed by atoms with Gasteiger partial charge in [0.05, 0.1) is 6.34 Å². The highest BCUT2D eigenvalue weighted by Crippen LogP contribution is 2.44. The van der Waals surface area contributed by atoms with Crippen molar-refractivity contribution in [2.24, 2.45) is 0 Å². The molecule has 2 aromatic rings. The van der Waals surface area contributed by atoms with Crippen LogP contribution in [0.2, 0.25) is 0 Å². The van der Waals surface area contributed by atoms with E-state index in [-0.39, 0.29) is 12.5 Å². The van der Waals surface area contributed by atoms with Crippen molar-refractivity contribution in [1.29, 1.82) is 5.41 Å². The summed E-state index contributed by atoms with van der Waals surface area (Å²) in [6, 6.07) is 16.4. The number of benzene rings is 2. The summed E-state index contributed by atoms with van der Waals surface area (Å²) < 4.78 is 5.33. The minimum absolute atomic E-state index is 0.0560. The summed E-state index contributed by atoms with van der Waals surface area (Å²) in [7, 11) is 1.51. The van der Waals surface area contributed by atoms with Crippen molar-refractivity contribution in [2.45, 2.75) is 5.92 Å². The lowest BCUT2D eigenvalue weighted by atomic mass is 9.98. The highest BCUT2D eigenvalue weighted by atomic mass is 16.6. The number of amides is 1. The molecule has 2 aromatic carbocycles. The highest BCUT2D eigenvalue weighted by molar-refractivity contribution is 5.81. The van der Waals surface area contributed by atoms with Crippen LogP contribution >= 0.6 is 0 Å². The SMILES string of the molecule is CN(C=N)C(=O)OCC1c2ccccc2-c2ccccc21. The van der Waals surface area contributed by atoms with Gasteiger partial charge in [0, 0.05) is 13.0 Å². The molecule has 0 atom stereocenters. The van der Waals surface area contributed by atoms with Gasteiger partial charge >= 0.3 is 6.09 Å². The van der Waals surface area contributed by atoms with Gasteiger partial charge < -0.3 is 4.74 Å². The zero-order valence-corrected chi connectivity index (χ0v) is 11.7. The van der Waals surface area contributed by atoms with Gasteiger partial charge in [-0.1, -0.05) is 48.5 Å². The van der Waals surface area contributed by atoms with Crippen molar-refractivity contribution in [3.05, 3.63) is 59.7 Å². The van der Waals surface area contributed by atoms with Crippen molar-refractivity contribution in [1.82, 2.24) is 4.90 Å². The molecule has 4 heteroatoms. The van der Waals surface area contributed by atoms with Crippen LogP contribution in [0.4, 0.5) is 4.79 Å². The fourth-order valence-corrected chi connectivity index (χ4v) is 2.75. The van der Waals surface area contributed by atoms with Crippen LogP contribution in [0.5, 0.6) is 0 Å². The number of carbonyl (C=O) groups excluding carboxylic acids is 1. The quantitative estimate of drug-likeness (QED) is 0.691. The van der Waals surface area contributed by atoms with Crippen LogP contribution in [0.3, 0.4) is 0 Å². The Morgan fingerprint density at radius 2 is 1.67 bits per heavy atom. The fraction of sp³-hybridized carbons (Fsp3) is 0.176. The van der Waals surface area contributed by atoms with Gasteiger partial charge in [0.2, 0.25) is 0 Å². The molecular formula is C17H16N2O2. The molecule has 1 N–H and O–H groups in total. The molecule has 0 radical (unpaired) electrons. The topological polar surface area (TPSA) is 53.4 Å². The third-order valence-corrected chi connectivity index (χ3v) is 3.82. The second-order valence-electron chi connectivity index (χ2n) is 5.04. The minimum Gasteiger partial charge on any atom is -0.448 e. The second kappa shape index (κ2) is 5.40. The summed E-state index contributed by atoms with van der Waals surface area (Å²) in [6.07, 6.45) is 0.436. The molecule has 0 fully saturated rings. The lowest BCUT2D eigenvalue weighted by Gasteiger charge is -2.16. The van der Waals surface area contributed by atoms with E-state index in [1.807, 2.05) is 24.3 Å². The molecule has 21 heavy (non-hydrogen) atoms. The molecule has 1 amide bonds. The van der Waals surface area contributed by atoms with Crippen LogP contribution in [0, 0.1) is 5.41 Å². The maximum Gasteiger partial charge on any atom is 0.414 e. The number of ether oxygens (including phenoxy) is 1. The minimum atomic E-state index is -0.508. The Morgan fingerprint density at radius 1 is 1.14 bits per heavy atom. The molecule has 1 aliphatic carbocycles. The van der Waals surface area contributed by atoms with Gasteiger partial charge in [-0.2, -0.15) is 0 Å². The van der Waals surface area contributed by atoms with Crippen molar-refractivity contribution in [3.8, 4) is 11.1 Å². The smallest absolute Gasteiger partial charge is 0.414 e. The van der Waals surface area contributed by atoms with Gasteiger partial charge in [0.1, 0.15) is 6.61 Å². The molecule has 0 saturated heterocycles. The third kappa shape index (κ3) is 2.29. The molecule has 106 valence electrons. The lowest BCUT2D eigenvalue weighted by Crippen LogP contribution is -2.27. The summed E-state index contributed by atoms with van der Waals surface area (Å²) in [5.74, 6) is 0.0560. The Hall–Kier alpha value is -2.62. The van der Waals surface area contributed by atoms with Crippen molar-refractivity contribution >= 4 is 12.4 Å². The number of carbonyl (C=O) groups is 1. The average Bonchev–Trinajstić information content (AvgIpc) is 2.86. The molecule has 0 spiro atoms. The van der Waals surface area contributed by atoms with Gasteiger partial charge in [0.25, 0.3) is 0 Å². The van der Waals surface area contributed by atoms with Crippen LogP contribution in [0.1, 0.15) is 17.0 Å². The van der Waals surface area contributed by atoms with Crippen molar-refractivity contribution < 1.29 is 9.53 Å². The first-order chi connectivity index (χ1) is 10.2. The lowest BCUT2D eigenvalue weighted by molar-refractivity contribution is 0.126. The molecule has 0 saturated carbocycles. The molecule has 0 aromatic heterocycles. The molecule has 0 unspecified atom stereocenters. The normalized spacial score (nSPS) is 12.4. The standard InChI is InChI=1S/C17H16N2O2/c1-19(11-18)17(20)21-10-16-14-8-4-2-6-12(14)13-7-3-5-9-15(13)16/h2-9,11,16,18H,10H2,1H3. The van der Waals surface area contributed by atoms with Crippen LogP contribution in [-0.2, 0) is 4.74 Å². The number of hydrogen-bond donors (Lipinski definition) is 1. The number of nitrogens with one attached hydrogen (secondary N) is 1. The van der Waals surface area contributed by atoms with E-state index in [4.69, 9.17) is 10.1 Å². The van der Waals surface area contributed by atoms with Gasteiger partial charge in [-0.3, -0.25) is 10.3 Å². The van der Waals surface area contributed by atoms with Crippen molar-refractivity contribution in [3.63, 3.8) is 0 Å². The molecule has 3 rings (SSSR count). The first-order valence-electron chi connectivity index (χ1n) is 6.80. The summed E-state index contributed by atoms with van der Waals surface area (Å²) >= 11 is 0. The first kappa shape index (κ1) is 13.4. The third-order valence-electron chi connectivity index (χ3n) is 3.82. The van der Waals surface area contributed by atoms with E-state index in [0.29, 0.717) is 0 Å². The number of fused-ring (bicyclic) bond motifs is 3. The van der Waals surface area contributed by atoms with Gasteiger partial charge in [-0.15, -0.1) is 0 Å². The highest BCUT2D eigenvalue weighted by Gasteiger charge is 2.29. The van der Waals surface area contributed by atoms with E-state index >= 15 is 0 Å². The molecular weight excluding hydrogens is 264 g/mol. The number of nitrogens with zero attached hydrogens (tertiary/aromatic N) is 1. The summed E-state index contributed by atoms with van der Waals surface area (Å²) in [4.78, 5) is 12.8. The summed E-state index contributed by atoms with van der Waals surface area (Å²) in [6.45, 7) is 0.283. The van der Waals surface area contributed by atoms with E-state index in [1.54, 1.807) is 0 Å². The van der Waals surface area contributed by atoms with E-state index in [2.05, 4.69) is 24.3 Å². The Morgan fingerprint density at radius 3 is 2.19 bits per heavy atom. The maximum atomic E-state index is 11.7. The van der Waals surface area contributed by atoms with Crippen molar-refractivity contribution in [2.75, 3.05) is 13.7 Å². The van der Waals surface area contributed by atoms with Crippen LogP contribution in [0.15, 0.2) is 48.5 Å². The van der Waals surface area contributed by atoms with E-state index in [0.717, 1.165) is 11.2 Å². The predicted octanol–water partition coefficient (Wildman–Crippen LogP) is 3.47. The van der Waals surface area contributed by atoms with E-state index in [9.17, 15) is 4.79 Å². The fourth-order valence-electron chi connectivity index (χ4n) is 2.75. The zero-order valence-electron chi connectivity index (χ0n) is 11.7. The monoisotopic (exact) mass is 280 g/mol. The Balaban J connectivity index is 1.89. The van der Waals surface area contributed by atoms with E-state index in [1.165, 1.54) is 29.3 Å². The largest absolute Gasteiger partial charge is 0.448 e. The Bertz CT molecular complexity index is 651. The zero-order chi connectivity index (χ0) is 14.8.